The van der Waals surface area contributed by atoms with E-state index in [2.05, 4.69) is 4.98 Å². The fraction of sp³-hybridized carbons (Fsp3) is 0.545. The largest absolute Gasteiger partial charge is 0.338 e. The monoisotopic (exact) mass is 300 g/mol. The van der Waals surface area contributed by atoms with E-state index in [4.69, 9.17) is 0 Å². The lowest BCUT2D eigenvalue weighted by molar-refractivity contribution is -0.133. The van der Waals surface area contributed by atoms with Gasteiger partial charge >= 0.3 is 0 Å². The Balaban J connectivity index is 1.96. The van der Waals surface area contributed by atoms with Crippen LogP contribution in [0.4, 0.5) is 0 Å². The fourth-order valence-electron chi connectivity index (χ4n) is 2.01. The van der Waals surface area contributed by atoms with Crippen LogP contribution >= 0.6 is 0 Å². The molecule has 1 aliphatic rings. The van der Waals surface area contributed by atoms with Gasteiger partial charge in [0.05, 0.1) is 12.6 Å². The number of piperazine rings is 1. The van der Waals surface area contributed by atoms with Gasteiger partial charge in [0.1, 0.15) is 6.54 Å². The zero-order chi connectivity index (χ0) is 14.8. The van der Waals surface area contributed by atoms with Crippen LogP contribution in [0.5, 0.6) is 0 Å². The van der Waals surface area contributed by atoms with Gasteiger partial charge in [-0.3, -0.25) is 14.2 Å². The molecule has 20 heavy (non-hydrogen) atoms. The number of sulfonamides is 1. The summed E-state index contributed by atoms with van der Waals surface area (Å²) in [6, 6.07) is 1.29. The van der Waals surface area contributed by atoms with Crippen LogP contribution in [-0.2, 0) is 21.4 Å². The highest BCUT2D eigenvalue weighted by Crippen LogP contribution is 2.06. The molecule has 0 bridgehead atoms. The van der Waals surface area contributed by atoms with Crippen molar-refractivity contribution in [3.63, 3.8) is 0 Å². The van der Waals surface area contributed by atoms with E-state index in [9.17, 15) is 18.0 Å². The minimum absolute atomic E-state index is 0.0778. The molecule has 110 valence electrons. The molecule has 8 nitrogen and oxygen atoms in total. The molecular formula is C11H16N4O4S. The Bertz CT molecular complexity index is 646. The van der Waals surface area contributed by atoms with Gasteiger partial charge < -0.3 is 4.90 Å². The van der Waals surface area contributed by atoms with Crippen molar-refractivity contribution in [2.75, 3.05) is 32.4 Å². The van der Waals surface area contributed by atoms with Gasteiger partial charge in [0.25, 0.3) is 5.56 Å². The molecule has 2 heterocycles. The van der Waals surface area contributed by atoms with Gasteiger partial charge in [0.2, 0.25) is 15.9 Å². The molecule has 9 heteroatoms. The zero-order valence-electron chi connectivity index (χ0n) is 11.1. The normalized spacial score (nSPS) is 17.1. The third-order valence-electron chi connectivity index (χ3n) is 3.16. The molecule has 0 unspecified atom stereocenters. The number of nitrogens with zero attached hydrogens (tertiary/aromatic N) is 4. The second-order valence-corrected chi connectivity index (χ2v) is 6.57. The van der Waals surface area contributed by atoms with Crippen molar-refractivity contribution < 1.29 is 13.2 Å². The van der Waals surface area contributed by atoms with E-state index in [1.807, 2.05) is 0 Å². The summed E-state index contributed by atoms with van der Waals surface area (Å²) in [4.78, 5) is 28.9. The first-order valence-corrected chi connectivity index (χ1v) is 7.96. The highest BCUT2D eigenvalue weighted by Gasteiger charge is 2.25. The number of aromatic nitrogens is 2. The molecule has 0 saturated carbocycles. The quantitative estimate of drug-likeness (QED) is 0.666. The summed E-state index contributed by atoms with van der Waals surface area (Å²) in [5.41, 5.74) is -0.289. The minimum Gasteiger partial charge on any atom is -0.338 e. The van der Waals surface area contributed by atoms with Crippen LogP contribution < -0.4 is 5.56 Å². The number of carbonyl (C=O) groups is 1. The lowest BCUT2D eigenvalue weighted by atomic mass is 10.3. The predicted molar refractivity (Wildman–Crippen MR) is 71.5 cm³/mol. The first-order chi connectivity index (χ1) is 9.38. The van der Waals surface area contributed by atoms with Crippen LogP contribution in [0.2, 0.25) is 0 Å². The van der Waals surface area contributed by atoms with Crippen molar-refractivity contribution >= 4 is 15.9 Å². The Hall–Kier alpha value is -1.74. The van der Waals surface area contributed by atoms with Gasteiger partial charge in [-0.25, -0.2) is 13.4 Å². The van der Waals surface area contributed by atoms with Crippen molar-refractivity contribution in [2.24, 2.45) is 0 Å². The summed E-state index contributed by atoms with van der Waals surface area (Å²) in [5, 5.41) is 0. The van der Waals surface area contributed by atoms with E-state index >= 15 is 0 Å². The molecule has 2 rings (SSSR count). The van der Waals surface area contributed by atoms with Crippen LogP contribution in [-0.4, -0.2) is 65.5 Å². The van der Waals surface area contributed by atoms with Gasteiger partial charge in [-0.05, 0) is 0 Å². The smallest absolute Gasteiger partial charge is 0.253 e. The molecule has 1 aliphatic heterocycles. The molecule has 0 atom stereocenters. The van der Waals surface area contributed by atoms with E-state index in [1.54, 1.807) is 4.90 Å². The lowest BCUT2D eigenvalue weighted by Gasteiger charge is -2.33. The van der Waals surface area contributed by atoms with Crippen LogP contribution in [0, 0.1) is 0 Å². The first-order valence-electron chi connectivity index (χ1n) is 6.11. The summed E-state index contributed by atoms with van der Waals surface area (Å²) >= 11 is 0. The Kier molecular flexibility index (Phi) is 4.19. The van der Waals surface area contributed by atoms with Gasteiger partial charge in [-0.15, -0.1) is 0 Å². The number of hydrogen-bond donors (Lipinski definition) is 0. The predicted octanol–water partition coefficient (Wildman–Crippen LogP) is -1.65. The maximum Gasteiger partial charge on any atom is 0.253 e. The Morgan fingerprint density at radius 2 is 1.95 bits per heavy atom. The highest BCUT2D eigenvalue weighted by atomic mass is 32.2. The van der Waals surface area contributed by atoms with Crippen LogP contribution in [0.3, 0.4) is 0 Å². The lowest BCUT2D eigenvalue weighted by Crippen LogP contribution is -2.51. The Morgan fingerprint density at radius 1 is 1.30 bits per heavy atom. The van der Waals surface area contributed by atoms with E-state index in [-0.39, 0.29) is 31.1 Å². The van der Waals surface area contributed by atoms with E-state index in [0.29, 0.717) is 13.1 Å². The number of carbonyl (C=O) groups excluding carboxylic acids is 1. The number of hydrogen-bond acceptors (Lipinski definition) is 5. The third-order valence-corrected chi connectivity index (χ3v) is 4.46. The van der Waals surface area contributed by atoms with Crippen molar-refractivity contribution in [2.45, 2.75) is 6.54 Å². The zero-order valence-corrected chi connectivity index (χ0v) is 11.9. The molecule has 0 spiro atoms. The molecule has 1 aromatic rings. The van der Waals surface area contributed by atoms with Gasteiger partial charge in [-0.1, -0.05) is 0 Å². The topological polar surface area (TPSA) is 92.6 Å². The van der Waals surface area contributed by atoms with E-state index in [0.717, 1.165) is 6.26 Å². The minimum atomic E-state index is -3.21. The average molecular weight is 300 g/mol. The second-order valence-electron chi connectivity index (χ2n) is 4.59. The Morgan fingerprint density at radius 3 is 2.50 bits per heavy atom. The maximum atomic E-state index is 12.0. The molecule has 1 fully saturated rings. The third kappa shape index (κ3) is 3.42. The van der Waals surface area contributed by atoms with Crippen molar-refractivity contribution in [3.8, 4) is 0 Å². The summed E-state index contributed by atoms with van der Waals surface area (Å²) < 4.78 is 25.3. The van der Waals surface area contributed by atoms with Crippen molar-refractivity contribution in [1.29, 1.82) is 0 Å². The van der Waals surface area contributed by atoms with Crippen molar-refractivity contribution in [1.82, 2.24) is 18.8 Å². The van der Waals surface area contributed by atoms with Crippen LogP contribution in [0.1, 0.15) is 0 Å². The summed E-state index contributed by atoms with van der Waals surface area (Å²) in [6.07, 6.45) is 3.83. The van der Waals surface area contributed by atoms with E-state index < -0.39 is 10.0 Å². The van der Waals surface area contributed by atoms with Crippen molar-refractivity contribution in [3.05, 3.63) is 28.9 Å². The number of rotatable bonds is 3. The standard InChI is InChI=1S/C11H16N4O4S/c1-20(18,19)15-6-4-13(5-7-15)11(17)8-14-9-12-3-2-10(14)16/h2-3,9H,4-8H2,1H3. The molecule has 0 aliphatic carbocycles. The van der Waals surface area contributed by atoms with Gasteiger partial charge in [-0.2, -0.15) is 4.31 Å². The van der Waals surface area contributed by atoms with E-state index in [1.165, 1.54) is 27.5 Å². The fourth-order valence-corrected chi connectivity index (χ4v) is 2.84. The number of amides is 1. The molecule has 1 amide bonds. The molecule has 0 N–H and O–H groups in total. The Labute approximate surface area is 116 Å². The van der Waals surface area contributed by atoms with Gasteiger partial charge in [0, 0.05) is 38.4 Å². The SMILES string of the molecule is CS(=O)(=O)N1CCN(C(=O)Cn2cnccc2=O)CC1. The molecular weight excluding hydrogens is 284 g/mol. The van der Waals surface area contributed by atoms with Gasteiger partial charge in [0.15, 0.2) is 0 Å². The molecule has 1 aromatic heterocycles. The molecule has 0 aromatic carbocycles. The summed E-state index contributed by atoms with van der Waals surface area (Å²) in [5.74, 6) is -0.215. The highest BCUT2D eigenvalue weighted by molar-refractivity contribution is 7.88. The second kappa shape index (κ2) is 5.71. The summed E-state index contributed by atoms with van der Waals surface area (Å²) in [7, 11) is -3.21. The summed E-state index contributed by atoms with van der Waals surface area (Å²) in [6.45, 7) is 1.16. The molecule has 1 saturated heterocycles. The average Bonchev–Trinajstić information content (AvgIpc) is 2.40. The maximum absolute atomic E-state index is 12.0. The molecule has 0 radical (unpaired) electrons. The van der Waals surface area contributed by atoms with Crippen LogP contribution in [0.25, 0.3) is 0 Å². The van der Waals surface area contributed by atoms with Crippen LogP contribution in [0.15, 0.2) is 23.4 Å². The first kappa shape index (κ1) is 14.7.